The van der Waals surface area contributed by atoms with Crippen LogP contribution in [0.5, 0.6) is 0 Å². The molecule has 2 atom stereocenters. The Morgan fingerprint density at radius 2 is 2.32 bits per heavy atom. The summed E-state index contributed by atoms with van der Waals surface area (Å²) in [5.41, 5.74) is 0.323. The van der Waals surface area contributed by atoms with Crippen LogP contribution in [-0.4, -0.2) is 45.7 Å². The zero-order chi connectivity index (χ0) is 15.8. The molecule has 1 saturated carbocycles. The maximum absolute atomic E-state index is 10.6. The average Bonchev–Trinajstić information content (AvgIpc) is 2.55. The normalized spacial score (nSPS) is 24.7. The maximum atomic E-state index is 10.6. The largest absolute Gasteiger partial charge is 0.387 e. The van der Waals surface area contributed by atoms with Crippen molar-refractivity contribution in [1.29, 1.82) is 0 Å². The van der Waals surface area contributed by atoms with Gasteiger partial charge in [0.05, 0.1) is 17.8 Å². The van der Waals surface area contributed by atoms with Crippen molar-refractivity contribution in [2.75, 3.05) is 18.8 Å². The molecule has 1 aromatic heterocycles. The van der Waals surface area contributed by atoms with Crippen LogP contribution in [0.1, 0.15) is 32.4 Å². The first-order valence-corrected chi connectivity index (χ1v) is 8.99. The summed E-state index contributed by atoms with van der Waals surface area (Å²) < 4.78 is 0. The molecule has 1 heterocycles. The number of aliphatic hydroxyl groups is 1. The summed E-state index contributed by atoms with van der Waals surface area (Å²) in [5.74, 6) is 1.77. The van der Waals surface area contributed by atoms with Gasteiger partial charge in [-0.3, -0.25) is 4.98 Å². The van der Waals surface area contributed by atoms with E-state index in [9.17, 15) is 5.11 Å². The molecular formula is C16H26N4OS. The van der Waals surface area contributed by atoms with Crippen LogP contribution < -0.4 is 10.6 Å². The van der Waals surface area contributed by atoms with Gasteiger partial charge in [0.2, 0.25) is 0 Å². The van der Waals surface area contributed by atoms with E-state index in [0.29, 0.717) is 18.3 Å². The average molecular weight is 322 g/mol. The molecule has 122 valence electrons. The highest BCUT2D eigenvalue weighted by atomic mass is 32.2. The van der Waals surface area contributed by atoms with Crippen LogP contribution in [0.25, 0.3) is 0 Å². The van der Waals surface area contributed by atoms with Crippen molar-refractivity contribution in [3.05, 3.63) is 30.1 Å². The van der Waals surface area contributed by atoms with Crippen molar-refractivity contribution in [2.45, 2.75) is 44.1 Å². The third kappa shape index (κ3) is 4.61. The van der Waals surface area contributed by atoms with Crippen LogP contribution in [0, 0.1) is 0 Å². The first-order chi connectivity index (χ1) is 10.7. The zero-order valence-electron chi connectivity index (χ0n) is 13.4. The number of nitrogens with zero attached hydrogens (tertiary/aromatic N) is 2. The molecule has 1 aliphatic rings. The van der Waals surface area contributed by atoms with E-state index in [1.54, 1.807) is 6.20 Å². The second kappa shape index (κ2) is 8.39. The lowest BCUT2D eigenvalue weighted by Gasteiger charge is -2.45. The zero-order valence-corrected chi connectivity index (χ0v) is 14.2. The van der Waals surface area contributed by atoms with Gasteiger partial charge < -0.3 is 15.7 Å². The van der Waals surface area contributed by atoms with Gasteiger partial charge in [-0.15, -0.1) is 0 Å². The maximum Gasteiger partial charge on any atom is 0.191 e. The standard InChI is InChI=1S/C16H26N4OS/c1-3-17-15(19-11-13-7-5-6-10-18-13)20-12-16(21)9-8-14(16)22-4-2/h5-7,10,14,21H,3-4,8-9,11-12H2,1-2H3,(H2,17,19,20). The topological polar surface area (TPSA) is 69.5 Å². The molecule has 1 fully saturated rings. The van der Waals surface area contributed by atoms with Gasteiger partial charge in [-0.2, -0.15) is 11.8 Å². The second-order valence-electron chi connectivity index (χ2n) is 5.46. The van der Waals surface area contributed by atoms with Crippen molar-refractivity contribution in [2.24, 2.45) is 4.99 Å². The predicted octanol–water partition coefficient (Wildman–Crippen LogP) is 1.78. The van der Waals surface area contributed by atoms with Gasteiger partial charge in [-0.05, 0) is 37.7 Å². The lowest BCUT2D eigenvalue weighted by molar-refractivity contribution is -0.0198. The molecule has 6 heteroatoms. The van der Waals surface area contributed by atoms with E-state index in [0.717, 1.165) is 36.8 Å². The van der Waals surface area contributed by atoms with E-state index < -0.39 is 5.60 Å². The van der Waals surface area contributed by atoms with Gasteiger partial charge in [-0.25, -0.2) is 4.99 Å². The Kier molecular flexibility index (Phi) is 6.51. The van der Waals surface area contributed by atoms with Crippen LogP contribution in [0.4, 0.5) is 0 Å². The van der Waals surface area contributed by atoms with Crippen molar-refractivity contribution >= 4 is 17.7 Å². The number of aliphatic imine (C=N–C) groups is 1. The number of hydrogen-bond donors (Lipinski definition) is 3. The molecular weight excluding hydrogens is 296 g/mol. The molecule has 0 saturated heterocycles. The highest BCUT2D eigenvalue weighted by Crippen LogP contribution is 2.40. The number of aromatic nitrogens is 1. The van der Waals surface area contributed by atoms with Crippen molar-refractivity contribution in [3.8, 4) is 0 Å². The van der Waals surface area contributed by atoms with Gasteiger partial charge in [0.15, 0.2) is 5.96 Å². The molecule has 3 N–H and O–H groups in total. The fourth-order valence-corrected chi connectivity index (χ4v) is 3.67. The summed E-state index contributed by atoms with van der Waals surface area (Å²) in [5, 5.41) is 17.4. The SMILES string of the molecule is CCNC(=NCc1ccccn1)NCC1(O)CCC1SCC. The summed E-state index contributed by atoms with van der Waals surface area (Å²) >= 11 is 1.84. The van der Waals surface area contributed by atoms with Crippen molar-refractivity contribution in [1.82, 2.24) is 15.6 Å². The Balaban J connectivity index is 1.88. The first kappa shape index (κ1) is 17.1. The van der Waals surface area contributed by atoms with Crippen LogP contribution in [0.3, 0.4) is 0 Å². The Bertz CT molecular complexity index is 482. The van der Waals surface area contributed by atoms with Crippen LogP contribution in [-0.2, 0) is 6.54 Å². The Hall–Kier alpha value is -1.27. The molecule has 0 radical (unpaired) electrons. The summed E-state index contributed by atoms with van der Waals surface area (Å²) in [6, 6.07) is 5.82. The minimum Gasteiger partial charge on any atom is -0.387 e. The third-order valence-electron chi connectivity index (χ3n) is 3.84. The number of thioether (sulfide) groups is 1. The summed E-state index contributed by atoms with van der Waals surface area (Å²) in [6.45, 7) is 6.03. The quantitative estimate of drug-likeness (QED) is 0.527. The number of guanidine groups is 1. The fourth-order valence-electron chi connectivity index (χ4n) is 2.47. The third-order valence-corrected chi connectivity index (χ3v) is 5.25. The van der Waals surface area contributed by atoms with E-state index in [-0.39, 0.29) is 0 Å². The molecule has 0 aliphatic heterocycles. The monoisotopic (exact) mass is 322 g/mol. The smallest absolute Gasteiger partial charge is 0.191 e. The van der Waals surface area contributed by atoms with Gasteiger partial charge >= 0.3 is 0 Å². The highest BCUT2D eigenvalue weighted by Gasteiger charge is 2.45. The second-order valence-corrected chi connectivity index (χ2v) is 6.94. The lowest BCUT2D eigenvalue weighted by Crippen LogP contribution is -2.58. The Labute approximate surface area is 137 Å². The van der Waals surface area contributed by atoms with Crippen molar-refractivity contribution < 1.29 is 5.11 Å². The highest BCUT2D eigenvalue weighted by molar-refractivity contribution is 8.00. The molecule has 22 heavy (non-hydrogen) atoms. The summed E-state index contributed by atoms with van der Waals surface area (Å²) in [7, 11) is 0. The van der Waals surface area contributed by atoms with E-state index in [1.165, 1.54) is 0 Å². The summed E-state index contributed by atoms with van der Waals surface area (Å²) in [6.07, 6.45) is 3.73. The molecule has 0 amide bonds. The molecule has 0 aromatic carbocycles. The van der Waals surface area contributed by atoms with Crippen LogP contribution in [0.15, 0.2) is 29.4 Å². The van der Waals surface area contributed by atoms with E-state index >= 15 is 0 Å². The van der Waals surface area contributed by atoms with Crippen LogP contribution in [0.2, 0.25) is 0 Å². The molecule has 0 bridgehead atoms. The number of pyridine rings is 1. The molecule has 1 aromatic rings. The molecule has 0 spiro atoms. The lowest BCUT2D eigenvalue weighted by atomic mass is 9.79. The molecule has 2 rings (SSSR count). The summed E-state index contributed by atoms with van der Waals surface area (Å²) in [4.78, 5) is 8.80. The molecule has 1 aliphatic carbocycles. The van der Waals surface area contributed by atoms with Gasteiger partial charge in [-0.1, -0.05) is 13.0 Å². The number of rotatable bonds is 7. The Morgan fingerprint density at radius 3 is 2.91 bits per heavy atom. The predicted molar refractivity (Wildman–Crippen MR) is 93.2 cm³/mol. The Morgan fingerprint density at radius 1 is 1.45 bits per heavy atom. The van der Waals surface area contributed by atoms with E-state index in [4.69, 9.17) is 0 Å². The van der Waals surface area contributed by atoms with E-state index in [2.05, 4.69) is 27.5 Å². The van der Waals surface area contributed by atoms with E-state index in [1.807, 2.05) is 36.9 Å². The molecule has 2 unspecified atom stereocenters. The minimum absolute atomic E-state index is 0.337. The van der Waals surface area contributed by atoms with Gasteiger partial charge in [0, 0.05) is 24.5 Å². The first-order valence-electron chi connectivity index (χ1n) is 7.94. The number of hydrogen-bond acceptors (Lipinski definition) is 4. The van der Waals surface area contributed by atoms with Gasteiger partial charge in [0.1, 0.15) is 0 Å². The fraction of sp³-hybridized carbons (Fsp3) is 0.625. The van der Waals surface area contributed by atoms with Crippen LogP contribution >= 0.6 is 11.8 Å². The number of nitrogens with one attached hydrogen (secondary N) is 2. The molecule has 5 nitrogen and oxygen atoms in total. The van der Waals surface area contributed by atoms with Crippen molar-refractivity contribution in [3.63, 3.8) is 0 Å². The minimum atomic E-state index is -0.609. The van der Waals surface area contributed by atoms with Gasteiger partial charge in [0.25, 0.3) is 0 Å².